The van der Waals surface area contributed by atoms with Gasteiger partial charge in [0.05, 0.1) is 17.1 Å². The standard InChI is InChI=1S/C37H30N4OS/c1-26(2)27-22-24-28(25-23-27)34-32-20-12-13-21-33(32)37(40(38-34)30-16-8-4-9-17-30)41(31-18-10-5-11-19-31)39-36(43-37)35(42)29-14-6-3-7-15-29/h3-26H,1-2H3. The predicted octanol–water partition coefficient (Wildman–Crippen LogP) is 8.64. The molecule has 0 bridgehead atoms. The van der Waals surface area contributed by atoms with Crippen molar-refractivity contribution in [1.82, 2.24) is 0 Å². The van der Waals surface area contributed by atoms with E-state index >= 15 is 0 Å². The first-order chi connectivity index (χ1) is 21.1. The fourth-order valence-electron chi connectivity index (χ4n) is 5.62. The summed E-state index contributed by atoms with van der Waals surface area (Å²) in [4.78, 5) is 12.9. The SMILES string of the molecule is CC(C)c1ccc(C2=NN(c3ccccc3)C3(SC(C(=O)c4ccccc4)=NN3c3ccccc3)c3ccccc32)cc1. The minimum Gasteiger partial charge on any atom is -0.286 e. The Balaban J connectivity index is 1.47. The average Bonchev–Trinajstić information content (AvgIpc) is 3.47. The number of para-hydroxylation sites is 2. The van der Waals surface area contributed by atoms with E-state index in [1.54, 1.807) is 0 Å². The number of carbonyl (C=O) groups excluding carboxylic acids is 1. The third kappa shape index (κ3) is 4.64. The number of carbonyl (C=O) groups is 1. The molecule has 1 spiro atoms. The van der Waals surface area contributed by atoms with Crippen LogP contribution in [0.15, 0.2) is 150 Å². The lowest BCUT2D eigenvalue weighted by atomic mass is 9.92. The summed E-state index contributed by atoms with van der Waals surface area (Å²) in [5.74, 6) is 0.318. The summed E-state index contributed by atoms with van der Waals surface area (Å²) >= 11 is 1.43. The predicted molar refractivity (Wildman–Crippen MR) is 178 cm³/mol. The largest absolute Gasteiger partial charge is 0.286 e. The van der Waals surface area contributed by atoms with Crippen molar-refractivity contribution < 1.29 is 4.79 Å². The first-order valence-electron chi connectivity index (χ1n) is 14.4. The van der Waals surface area contributed by atoms with Crippen molar-refractivity contribution >= 4 is 39.7 Å². The molecule has 0 fully saturated rings. The molecule has 1 unspecified atom stereocenters. The maximum Gasteiger partial charge on any atom is 0.234 e. The fraction of sp³-hybridized carbons (Fsp3) is 0.108. The summed E-state index contributed by atoms with van der Waals surface area (Å²) in [6.07, 6.45) is 0. The number of hydrogen-bond donors (Lipinski definition) is 0. The summed E-state index contributed by atoms with van der Waals surface area (Å²) in [5.41, 5.74) is 7.55. The number of benzene rings is 5. The van der Waals surface area contributed by atoms with Gasteiger partial charge in [0.1, 0.15) is 0 Å². The van der Waals surface area contributed by atoms with Gasteiger partial charge in [0.2, 0.25) is 10.8 Å². The lowest BCUT2D eigenvalue weighted by molar-refractivity contribution is 0.106. The molecule has 6 heteroatoms. The molecule has 7 rings (SSSR count). The Kier molecular flexibility index (Phi) is 6.92. The van der Waals surface area contributed by atoms with Crippen LogP contribution in [0.5, 0.6) is 0 Å². The van der Waals surface area contributed by atoms with E-state index in [1.165, 1.54) is 17.3 Å². The fourth-order valence-corrected chi connectivity index (χ4v) is 6.97. The van der Waals surface area contributed by atoms with Crippen molar-refractivity contribution in [1.29, 1.82) is 0 Å². The topological polar surface area (TPSA) is 48.3 Å². The van der Waals surface area contributed by atoms with Crippen LogP contribution in [0.25, 0.3) is 0 Å². The summed E-state index contributed by atoms with van der Waals surface area (Å²) in [6, 6.07) is 46.5. The third-order valence-corrected chi connectivity index (χ3v) is 9.13. The van der Waals surface area contributed by atoms with Crippen molar-refractivity contribution in [3.63, 3.8) is 0 Å². The zero-order valence-electron chi connectivity index (χ0n) is 24.0. The van der Waals surface area contributed by atoms with Crippen LogP contribution in [0.4, 0.5) is 11.4 Å². The Labute approximate surface area is 256 Å². The molecular formula is C37H30N4OS. The molecule has 1 atom stereocenters. The molecule has 5 aromatic rings. The van der Waals surface area contributed by atoms with Crippen molar-refractivity contribution in [2.24, 2.45) is 10.2 Å². The Hall–Kier alpha value is -4.94. The third-order valence-electron chi connectivity index (χ3n) is 7.82. The summed E-state index contributed by atoms with van der Waals surface area (Å²) in [7, 11) is 0. The zero-order chi connectivity index (χ0) is 29.4. The summed E-state index contributed by atoms with van der Waals surface area (Å²) in [6.45, 7) is 4.40. The van der Waals surface area contributed by atoms with Crippen LogP contribution in [0, 0.1) is 0 Å². The molecule has 2 aliphatic heterocycles. The van der Waals surface area contributed by atoms with E-state index < -0.39 is 4.99 Å². The number of hydrazone groups is 2. The summed E-state index contributed by atoms with van der Waals surface area (Å²) < 4.78 is 0. The van der Waals surface area contributed by atoms with E-state index in [1.807, 2.05) is 94.9 Å². The molecule has 0 aromatic heterocycles. The first kappa shape index (κ1) is 26.9. The van der Waals surface area contributed by atoms with Gasteiger partial charge in [-0.3, -0.25) is 4.79 Å². The van der Waals surface area contributed by atoms with Gasteiger partial charge in [0.15, 0.2) is 5.04 Å². The molecule has 0 amide bonds. The number of ketones is 1. The van der Waals surface area contributed by atoms with Gasteiger partial charge >= 0.3 is 0 Å². The van der Waals surface area contributed by atoms with Gasteiger partial charge in [0.25, 0.3) is 0 Å². The highest BCUT2D eigenvalue weighted by Crippen LogP contribution is 2.55. The normalized spacial score (nSPS) is 17.6. The molecule has 0 aliphatic carbocycles. The molecule has 210 valence electrons. The molecule has 2 aliphatic rings. The molecule has 0 saturated heterocycles. The lowest BCUT2D eigenvalue weighted by Crippen LogP contribution is -2.54. The first-order valence-corrected chi connectivity index (χ1v) is 15.2. The Morgan fingerprint density at radius 2 is 1.19 bits per heavy atom. The van der Waals surface area contributed by atoms with Gasteiger partial charge in [-0.2, -0.15) is 10.2 Å². The molecular weight excluding hydrogens is 549 g/mol. The van der Waals surface area contributed by atoms with Crippen LogP contribution >= 0.6 is 11.8 Å². The average molecular weight is 579 g/mol. The highest BCUT2D eigenvalue weighted by molar-refractivity contribution is 8.17. The van der Waals surface area contributed by atoms with E-state index in [0.29, 0.717) is 16.5 Å². The molecule has 0 saturated carbocycles. The number of thioether (sulfide) groups is 1. The van der Waals surface area contributed by atoms with Crippen LogP contribution in [0.3, 0.4) is 0 Å². The lowest BCUT2D eigenvalue weighted by Gasteiger charge is -2.47. The van der Waals surface area contributed by atoms with Crippen LogP contribution in [-0.2, 0) is 4.99 Å². The zero-order valence-corrected chi connectivity index (χ0v) is 24.8. The van der Waals surface area contributed by atoms with Crippen LogP contribution < -0.4 is 10.0 Å². The monoisotopic (exact) mass is 578 g/mol. The van der Waals surface area contributed by atoms with Gasteiger partial charge in [-0.25, -0.2) is 10.0 Å². The molecule has 0 N–H and O–H groups in total. The Morgan fingerprint density at radius 3 is 1.79 bits per heavy atom. The van der Waals surface area contributed by atoms with Gasteiger partial charge in [-0.1, -0.05) is 129 Å². The minimum atomic E-state index is -1.000. The second-order valence-corrected chi connectivity index (χ2v) is 12.0. The van der Waals surface area contributed by atoms with E-state index in [0.717, 1.165) is 33.8 Å². The van der Waals surface area contributed by atoms with Gasteiger partial charge < -0.3 is 0 Å². The number of fused-ring (bicyclic) bond motifs is 2. The van der Waals surface area contributed by atoms with Crippen LogP contribution in [0.2, 0.25) is 0 Å². The van der Waals surface area contributed by atoms with Crippen LogP contribution in [0.1, 0.15) is 52.4 Å². The maximum absolute atomic E-state index is 13.9. The van der Waals surface area contributed by atoms with Gasteiger partial charge in [-0.05, 0) is 47.5 Å². The molecule has 0 radical (unpaired) electrons. The molecule has 43 heavy (non-hydrogen) atoms. The second-order valence-electron chi connectivity index (χ2n) is 10.9. The molecule has 5 nitrogen and oxygen atoms in total. The van der Waals surface area contributed by atoms with Crippen LogP contribution in [-0.4, -0.2) is 16.5 Å². The number of nitrogens with zero attached hydrogens (tertiary/aromatic N) is 4. The second kappa shape index (κ2) is 11.0. The van der Waals surface area contributed by atoms with E-state index in [2.05, 4.69) is 68.4 Å². The maximum atomic E-state index is 13.9. The highest BCUT2D eigenvalue weighted by Gasteiger charge is 2.56. The number of anilines is 2. The smallest absolute Gasteiger partial charge is 0.234 e. The molecule has 2 heterocycles. The number of hydrogen-bond acceptors (Lipinski definition) is 6. The van der Waals surface area contributed by atoms with Crippen molar-refractivity contribution in [2.45, 2.75) is 24.8 Å². The number of rotatable bonds is 6. The van der Waals surface area contributed by atoms with Crippen molar-refractivity contribution in [2.75, 3.05) is 10.0 Å². The van der Waals surface area contributed by atoms with E-state index in [4.69, 9.17) is 10.2 Å². The van der Waals surface area contributed by atoms with Crippen molar-refractivity contribution in [3.8, 4) is 0 Å². The highest BCUT2D eigenvalue weighted by atomic mass is 32.2. The minimum absolute atomic E-state index is 0.118. The summed E-state index contributed by atoms with van der Waals surface area (Å²) in [5, 5.41) is 14.9. The van der Waals surface area contributed by atoms with Gasteiger partial charge in [0, 0.05) is 22.3 Å². The van der Waals surface area contributed by atoms with Gasteiger partial charge in [-0.15, -0.1) is 0 Å². The Morgan fingerprint density at radius 1 is 0.651 bits per heavy atom. The van der Waals surface area contributed by atoms with E-state index in [9.17, 15) is 4.79 Å². The Bertz CT molecular complexity index is 1840. The van der Waals surface area contributed by atoms with Crippen molar-refractivity contribution in [3.05, 3.63) is 167 Å². The van der Waals surface area contributed by atoms with E-state index in [-0.39, 0.29) is 5.78 Å². The quantitative estimate of drug-likeness (QED) is 0.189. The number of Topliss-reactive ketones (excluding diaryl/α,β-unsaturated/α-hetero) is 1. The molecule has 5 aromatic carbocycles.